The quantitative estimate of drug-likeness (QED) is 0.856. The van der Waals surface area contributed by atoms with Crippen molar-refractivity contribution >= 4 is 17.3 Å². The van der Waals surface area contributed by atoms with Crippen LogP contribution >= 0.6 is 0 Å². The number of para-hydroxylation sites is 2. The highest BCUT2D eigenvalue weighted by Gasteiger charge is 2.11. The number of nitrogens with zero attached hydrogens (tertiary/aromatic N) is 1. The summed E-state index contributed by atoms with van der Waals surface area (Å²) in [7, 11) is 0. The van der Waals surface area contributed by atoms with Gasteiger partial charge in [0.2, 0.25) is 0 Å². The van der Waals surface area contributed by atoms with E-state index in [2.05, 4.69) is 15.6 Å². The minimum atomic E-state index is -0.216. The van der Waals surface area contributed by atoms with E-state index in [0.717, 1.165) is 5.69 Å². The number of pyridine rings is 1. The summed E-state index contributed by atoms with van der Waals surface area (Å²) in [5, 5.41) is 6.09. The standard InChI is InChI=1S/C17H21N3O2/c1-4-22-16-8-6-5-7-15(16)20-17(21)13-9-14(11-18-10-13)19-12(2)3/h5-12,19H,4H2,1-3H3,(H,20,21). The van der Waals surface area contributed by atoms with Crippen LogP contribution in [-0.2, 0) is 0 Å². The molecular weight excluding hydrogens is 278 g/mol. The summed E-state index contributed by atoms with van der Waals surface area (Å²) in [5.74, 6) is 0.440. The summed E-state index contributed by atoms with van der Waals surface area (Å²) in [4.78, 5) is 16.5. The minimum Gasteiger partial charge on any atom is -0.492 e. The maximum absolute atomic E-state index is 12.4. The molecule has 0 unspecified atom stereocenters. The molecule has 2 rings (SSSR count). The van der Waals surface area contributed by atoms with Crippen molar-refractivity contribution in [3.63, 3.8) is 0 Å². The first-order valence-electron chi connectivity index (χ1n) is 7.35. The van der Waals surface area contributed by atoms with Crippen LogP contribution in [0.15, 0.2) is 42.7 Å². The van der Waals surface area contributed by atoms with Crippen LogP contribution in [-0.4, -0.2) is 23.5 Å². The van der Waals surface area contributed by atoms with Crippen molar-refractivity contribution in [1.29, 1.82) is 0 Å². The first-order chi connectivity index (χ1) is 10.6. The third-order valence-electron chi connectivity index (χ3n) is 2.89. The Labute approximate surface area is 130 Å². The molecule has 22 heavy (non-hydrogen) atoms. The van der Waals surface area contributed by atoms with Crippen LogP contribution in [0, 0.1) is 0 Å². The molecule has 0 aliphatic heterocycles. The SMILES string of the molecule is CCOc1ccccc1NC(=O)c1cncc(NC(C)C)c1. The zero-order valence-electron chi connectivity index (χ0n) is 13.1. The van der Waals surface area contributed by atoms with E-state index in [1.807, 2.05) is 45.0 Å². The molecule has 5 heteroatoms. The van der Waals surface area contributed by atoms with Gasteiger partial charge in [-0.15, -0.1) is 0 Å². The molecule has 1 aromatic heterocycles. The molecule has 0 radical (unpaired) electrons. The van der Waals surface area contributed by atoms with Crippen molar-refractivity contribution in [2.45, 2.75) is 26.8 Å². The van der Waals surface area contributed by atoms with Crippen molar-refractivity contribution in [1.82, 2.24) is 4.98 Å². The topological polar surface area (TPSA) is 63.2 Å². The van der Waals surface area contributed by atoms with Crippen LogP contribution in [0.3, 0.4) is 0 Å². The fourth-order valence-electron chi connectivity index (χ4n) is 2.02. The van der Waals surface area contributed by atoms with Gasteiger partial charge in [-0.25, -0.2) is 0 Å². The second kappa shape index (κ2) is 7.45. The first-order valence-corrected chi connectivity index (χ1v) is 7.35. The van der Waals surface area contributed by atoms with Crippen molar-refractivity contribution in [3.8, 4) is 5.75 Å². The molecule has 2 aromatic rings. The van der Waals surface area contributed by atoms with Gasteiger partial charge in [-0.2, -0.15) is 0 Å². The lowest BCUT2D eigenvalue weighted by atomic mass is 10.2. The van der Waals surface area contributed by atoms with Gasteiger partial charge in [0, 0.05) is 18.4 Å². The van der Waals surface area contributed by atoms with Crippen LogP contribution in [0.1, 0.15) is 31.1 Å². The van der Waals surface area contributed by atoms with Crippen LogP contribution < -0.4 is 15.4 Å². The molecule has 1 amide bonds. The van der Waals surface area contributed by atoms with E-state index in [4.69, 9.17) is 4.74 Å². The van der Waals surface area contributed by atoms with Gasteiger partial charge in [0.05, 0.1) is 23.5 Å². The molecule has 0 saturated carbocycles. The second-order valence-electron chi connectivity index (χ2n) is 5.14. The summed E-state index contributed by atoms with van der Waals surface area (Å²) in [5.41, 5.74) is 1.97. The number of carbonyl (C=O) groups excluding carboxylic acids is 1. The van der Waals surface area contributed by atoms with Crippen molar-refractivity contribution in [2.24, 2.45) is 0 Å². The van der Waals surface area contributed by atoms with Crippen LogP contribution in [0.5, 0.6) is 5.75 Å². The molecule has 0 bridgehead atoms. The number of rotatable bonds is 6. The average molecular weight is 299 g/mol. The molecule has 1 aromatic carbocycles. The Bertz CT molecular complexity index is 641. The van der Waals surface area contributed by atoms with Gasteiger partial charge < -0.3 is 15.4 Å². The highest BCUT2D eigenvalue weighted by atomic mass is 16.5. The molecule has 0 saturated heterocycles. The Kier molecular flexibility index (Phi) is 5.36. The molecule has 116 valence electrons. The van der Waals surface area contributed by atoms with Gasteiger partial charge in [0.25, 0.3) is 5.91 Å². The van der Waals surface area contributed by atoms with Crippen LogP contribution in [0.4, 0.5) is 11.4 Å². The van der Waals surface area contributed by atoms with Crippen LogP contribution in [0.2, 0.25) is 0 Å². The fraction of sp³-hybridized carbons (Fsp3) is 0.294. The fourth-order valence-corrected chi connectivity index (χ4v) is 2.02. The third kappa shape index (κ3) is 4.22. The zero-order chi connectivity index (χ0) is 15.9. The molecule has 0 aliphatic rings. The van der Waals surface area contributed by atoms with Crippen molar-refractivity contribution < 1.29 is 9.53 Å². The summed E-state index contributed by atoms with van der Waals surface area (Å²) in [6, 6.07) is 9.42. The number of ether oxygens (including phenoxy) is 1. The molecule has 1 heterocycles. The number of amides is 1. The summed E-state index contributed by atoms with van der Waals surface area (Å²) >= 11 is 0. The van der Waals surface area contributed by atoms with Crippen LogP contribution in [0.25, 0.3) is 0 Å². The minimum absolute atomic E-state index is 0.216. The highest BCUT2D eigenvalue weighted by molar-refractivity contribution is 6.05. The smallest absolute Gasteiger partial charge is 0.257 e. The Hall–Kier alpha value is -2.56. The number of hydrogen-bond acceptors (Lipinski definition) is 4. The lowest BCUT2D eigenvalue weighted by Gasteiger charge is -2.12. The molecule has 0 fully saturated rings. The Morgan fingerprint density at radius 2 is 2.05 bits per heavy atom. The summed E-state index contributed by atoms with van der Waals surface area (Å²) in [6.07, 6.45) is 3.25. The van der Waals surface area contributed by atoms with Gasteiger partial charge in [-0.3, -0.25) is 9.78 Å². The number of carbonyl (C=O) groups is 1. The first kappa shape index (κ1) is 15.8. The molecule has 0 aliphatic carbocycles. The number of benzene rings is 1. The molecule has 0 spiro atoms. The third-order valence-corrected chi connectivity index (χ3v) is 2.89. The normalized spacial score (nSPS) is 10.4. The van der Waals surface area contributed by atoms with E-state index in [1.165, 1.54) is 0 Å². The van der Waals surface area contributed by atoms with E-state index < -0.39 is 0 Å². The highest BCUT2D eigenvalue weighted by Crippen LogP contribution is 2.24. The molecule has 5 nitrogen and oxygen atoms in total. The van der Waals surface area contributed by atoms with Gasteiger partial charge in [0.1, 0.15) is 5.75 Å². The number of aromatic nitrogens is 1. The predicted octanol–water partition coefficient (Wildman–Crippen LogP) is 3.55. The summed E-state index contributed by atoms with van der Waals surface area (Å²) < 4.78 is 5.51. The van der Waals surface area contributed by atoms with E-state index in [9.17, 15) is 4.79 Å². The Morgan fingerprint density at radius 1 is 1.27 bits per heavy atom. The Morgan fingerprint density at radius 3 is 2.77 bits per heavy atom. The van der Waals surface area contributed by atoms with Gasteiger partial charge >= 0.3 is 0 Å². The second-order valence-corrected chi connectivity index (χ2v) is 5.14. The van der Waals surface area contributed by atoms with E-state index in [0.29, 0.717) is 23.6 Å². The van der Waals surface area contributed by atoms with Crippen molar-refractivity contribution in [2.75, 3.05) is 17.2 Å². The zero-order valence-corrected chi connectivity index (χ0v) is 13.1. The van der Waals surface area contributed by atoms with Gasteiger partial charge in [-0.05, 0) is 39.0 Å². The van der Waals surface area contributed by atoms with E-state index in [-0.39, 0.29) is 11.9 Å². The summed E-state index contributed by atoms with van der Waals surface area (Å²) in [6.45, 7) is 6.52. The van der Waals surface area contributed by atoms with Crippen molar-refractivity contribution in [3.05, 3.63) is 48.3 Å². The lowest BCUT2D eigenvalue weighted by molar-refractivity contribution is 0.102. The largest absolute Gasteiger partial charge is 0.492 e. The maximum Gasteiger partial charge on any atom is 0.257 e. The van der Waals surface area contributed by atoms with Gasteiger partial charge in [-0.1, -0.05) is 12.1 Å². The monoisotopic (exact) mass is 299 g/mol. The number of nitrogens with one attached hydrogen (secondary N) is 2. The lowest BCUT2D eigenvalue weighted by Crippen LogP contribution is -2.15. The van der Waals surface area contributed by atoms with Gasteiger partial charge in [0.15, 0.2) is 0 Å². The van der Waals surface area contributed by atoms with E-state index >= 15 is 0 Å². The predicted molar refractivity (Wildman–Crippen MR) is 88.6 cm³/mol. The number of hydrogen-bond donors (Lipinski definition) is 2. The average Bonchev–Trinajstić information content (AvgIpc) is 2.49. The maximum atomic E-state index is 12.4. The Balaban J connectivity index is 2.15. The molecule has 0 atom stereocenters. The molecular formula is C17H21N3O2. The number of anilines is 2. The van der Waals surface area contributed by atoms with E-state index in [1.54, 1.807) is 18.5 Å². The molecule has 2 N–H and O–H groups in total.